The van der Waals surface area contributed by atoms with E-state index < -0.39 is 37.2 Å². The van der Waals surface area contributed by atoms with E-state index in [9.17, 15) is 14.6 Å². The van der Waals surface area contributed by atoms with E-state index in [2.05, 4.69) is 0 Å². The fourth-order valence-corrected chi connectivity index (χ4v) is 1.79. The summed E-state index contributed by atoms with van der Waals surface area (Å²) in [5, 5.41) is 27.7. The number of rotatable bonds is 4. The molecule has 0 aromatic rings. The van der Waals surface area contributed by atoms with Crippen LogP contribution >= 0.6 is 0 Å². The van der Waals surface area contributed by atoms with Gasteiger partial charge in [0.25, 0.3) is 0 Å². The van der Waals surface area contributed by atoms with Gasteiger partial charge in [0.15, 0.2) is 6.17 Å². The van der Waals surface area contributed by atoms with E-state index in [0.29, 0.717) is 6.42 Å². The molecule has 1 aliphatic heterocycles. The highest BCUT2D eigenvalue weighted by Gasteiger charge is 2.43. The van der Waals surface area contributed by atoms with Crippen LogP contribution in [-0.4, -0.2) is 52.5 Å². The lowest BCUT2D eigenvalue weighted by molar-refractivity contribution is -0.213. The first-order valence-corrected chi connectivity index (χ1v) is 5.38. The molecule has 1 fully saturated rings. The second kappa shape index (κ2) is 5.75. The lowest BCUT2D eigenvalue weighted by atomic mass is 9.93. The summed E-state index contributed by atoms with van der Waals surface area (Å²) in [7, 11) is 0. The molecule has 3 N–H and O–H groups in total. The van der Waals surface area contributed by atoms with Crippen molar-refractivity contribution < 1.29 is 24.4 Å². The third kappa shape index (κ3) is 2.87. The van der Waals surface area contributed by atoms with Gasteiger partial charge < -0.3 is 20.1 Å². The minimum absolute atomic E-state index is 0.409. The summed E-state index contributed by atoms with van der Waals surface area (Å²) >= 11 is 0. The summed E-state index contributed by atoms with van der Waals surface area (Å²) in [6.07, 6.45) is -3.77. The van der Waals surface area contributed by atoms with Crippen LogP contribution in [0.5, 0.6) is 0 Å². The SMILES string of the molecule is CCCCC1OC(CO)C(O)C(O)C1F. The molecule has 1 aliphatic rings. The predicted octanol–water partition coefficient (Wildman–Crippen LogP) is -0.00380. The normalized spacial score (nSPS) is 41.8. The van der Waals surface area contributed by atoms with Crippen LogP contribution in [0.3, 0.4) is 0 Å². The molecule has 4 nitrogen and oxygen atoms in total. The zero-order chi connectivity index (χ0) is 11.4. The maximum absolute atomic E-state index is 13.5. The van der Waals surface area contributed by atoms with Gasteiger partial charge in [-0.2, -0.15) is 0 Å². The van der Waals surface area contributed by atoms with E-state index in [1.54, 1.807) is 0 Å². The van der Waals surface area contributed by atoms with Gasteiger partial charge in [0, 0.05) is 0 Å². The molecule has 1 saturated heterocycles. The first-order chi connectivity index (χ1) is 7.11. The molecule has 5 unspecified atom stereocenters. The summed E-state index contributed by atoms with van der Waals surface area (Å²) in [5.74, 6) is 0. The van der Waals surface area contributed by atoms with Gasteiger partial charge in [-0.1, -0.05) is 19.8 Å². The quantitative estimate of drug-likeness (QED) is 0.626. The van der Waals surface area contributed by atoms with E-state index in [-0.39, 0.29) is 0 Å². The van der Waals surface area contributed by atoms with Crippen molar-refractivity contribution in [2.75, 3.05) is 6.61 Å². The van der Waals surface area contributed by atoms with Gasteiger partial charge in [0.1, 0.15) is 18.3 Å². The van der Waals surface area contributed by atoms with Crippen LogP contribution in [0, 0.1) is 0 Å². The molecular weight excluding hydrogens is 203 g/mol. The van der Waals surface area contributed by atoms with Crippen molar-refractivity contribution in [3.8, 4) is 0 Å². The Bertz CT molecular complexity index is 188. The van der Waals surface area contributed by atoms with Gasteiger partial charge in [-0.3, -0.25) is 0 Å². The standard InChI is InChI=1S/C10H19FO4/c1-2-3-4-6-8(11)10(14)9(13)7(5-12)15-6/h6-10,12-14H,2-5H2,1H3. The molecule has 1 heterocycles. The lowest BCUT2D eigenvalue weighted by Crippen LogP contribution is -2.56. The first-order valence-electron chi connectivity index (χ1n) is 5.38. The summed E-state index contributed by atoms with van der Waals surface area (Å²) in [4.78, 5) is 0. The van der Waals surface area contributed by atoms with Crippen molar-refractivity contribution >= 4 is 0 Å². The van der Waals surface area contributed by atoms with Crippen molar-refractivity contribution in [3.63, 3.8) is 0 Å². The largest absolute Gasteiger partial charge is 0.394 e. The number of alkyl halides is 1. The Kier molecular flexibility index (Phi) is 4.92. The Morgan fingerprint density at radius 3 is 2.40 bits per heavy atom. The number of hydrogen-bond acceptors (Lipinski definition) is 4. The smallest absolute Gasteiger partial charge is 0.154 e. The number of aliphatic hydroxyl groups excluding tert-OH is 3. The maximum Gasteiger partial charge on any atom is 0.154 e. The Morgan fingerprint density at radius 2 is 1.87 bits per heavy atom. The first kappa shape index (κ1) is 12.8. The maximum atomic E-state index is 13.5. The molecule has 0 amide bonds. The number of halogens is 1. The number of unbranched alkanes of at least 4 members (excludes halogenated alkanes) is 1. The lowest BCUT2D eigenvalue weighted by Gasteiger charge is -2.38. The second-order valence-electron chi connectivity index (χ2n) is 3.96. The topological polar surface area (TPSA) is 69.9 Å². The van der Waals surface area contributed by atoms with E-state index in [1.165, 1.54) is 0 Å². The molecule has 0 saturated carbocycles. The van der Waals surface area contributed by atoms with Crippen LogP contribution in [0.4, 0.5) is 4.39 Å². The molecule has 0 aliphatic carbocycles. The molecular formula is C10H19FO4. The zero-order valence-electron chi connectivity index (χ0n) is 8.84. The van der Waals surface area contributed by atoms with Gasteiger partial charge in [-0.15, -0.1) is 0 Å². The third-order valence-corrected chi connectivity index (χ3v) is 2.78. The van der Waals surface area contributed by atoms with Crippen molar-refractivity contribution in [1.29, 1.82) is 0 Å². The van der Waals surface area contributed by atoms with Crippen LogP contribution < -0.4 is 0 Å². The fourth-order valence-electron chi connectivity index (χ4n) is 1.79. The highest BCUT2D eigenvalue weighted by atomic mass is 19.1. The second-order valence-corrected chi connectivity index (χ2v) is 3.96. The minimum Gasteiger partial charge on any atom is -0.394 e. The molecule has 15 heavy (non-hydrogen) atoms. The van der Waals surface area contributed by atoms with Crippen LogP contribution in [-0.2, 0) is 4.74 Å². The van der Waals surface area contributed by atoms with Crippen molar-refractivity contribution in [3.05, 3.63) is 0 Å². The monoisotopic (exact) mass is 222 g/mol. The minimum atomic E-state index is -1.57. The molecule has 1 rings (SSSR count). The summed E-state index contributed by atoms with van der Waals surface area (Å²) in [6.45, 7) is 1.57. The highest BCUT2D eigenvalue weighted by Crippen LogP contribution is 2.26. The molecule has 0 spiro atoms. The molecule has 0 aromatic heterocycles. The number of aliphatic hydroxyl groups is 3. The van der Waals surface area contributed by atoms with Gasteiger partial charge in [-0.25, -0.2) is 4.39 Å². The van der Waals surface area contributed by atoms with E-state index in [1.807, 2.05) is 6.92 Å². The van der Waals surface area contributed by atoms with Crippen LogP contribution in [0.25, 0.3) is 0 Å². The van der Waals surface area contributed by atoms with Gasteiger partial charge in [0.2, 0.25) is 0 Å². The summed E-state index contributed by atoms with van der Waals surface area (Å²) in [6, 6.07) is 0. The average molecular weight is 222 g/mol. The zero-order valence-corrected chi connectivity index (χ0v) is 8.84. The Hall–Kier alpha value is -0.230. The third-order valence-electron chi connectivity index (χ3n) is 2.78. The number of ether oxygens (including phenoxy) is 1. The average Bonchev–Trinajstić information content (AvgIpc) is 2.25. The number of hydrogen-bond donors (Lipinski definition) is 3. The molecule has 0 bridgehead atoms. The molecule has 90 valence electrons. The fraction of sp³-hybridized carbons (Fsp3) is 1.00. The molecule has 0 radical (unpaired) electrons. The Balaban J connectivity index is 2.57. The summed E-state index contributed by atoms with van der Waals surface area (Å²) < 4.78 is 18.7. The Labute approximate surface area is 88.7 Å². The van der Waals surface area contributed by atoms with Crippen LogP contribution in [0.1, 0.15) is 26.2 Å². The molecule has 0 aromatic carbocycles. The van der Waals surface area contributed by atoms with Gasteiger partial charge >= 0.3 is 0 Å². The van der Waals surface area contributed by atoms with Crippen molar-refractivity contribution in [2.45, 2.75) is 56.8 Å². The summed E-state index contributed by atoms with van der Waals surface area (Å²) in [5.41, 5.74) is 0. The van der Waals surface area contributed by atoms with E-state index in [0.717, 1.165) is 12.8 Å². The van der Waals surface area contributed by atoms with E-state index in [4.69, 9.17) is 9.84 Å². The van der Waals surface area contributed by atoms with Crippen molar-refractivity contribution in [2.24, 2.45) is 0 Å². The van der Waals surface area contributed by atoms with E-state index >= 15 is 0 Å². The molecule has 5 heteroatoms. The van der Waals surface area contributed by atoms with Crippen molar-refractivity contribution in [1.82, 2.24) is 0 Å². The van der Waals surface area contributed by atoms with Gasteiger partial charge in [-0.05, 0) is 6.42 Å². The molecule has 5 atom stereocenters. The predicted molar refractivity (Wildman–Crippen MR) is 52.2 cm³/mol. The van der Waals surface area contributed by atoms with Crippen LogP contribution in [0.2, 0.25) is 0 Å². The van der Waals surface area contributed by atoms with Gasteiger partial charge in [0.05, 0.1) is 12.7 Å². The highest BCUT2D eigenvalue weighted by molar-refractivity contribution is 4.91. The Morgan fingerprint density at radius 1 is 1.20 bits per heavy atom. The van der Waals surface area contributed by atoms with Crippen LogP contribution in [0.15, 0.2) is 0 Å².